The second-order valence-corrected chi connectivity index (χ2v) is 4.82. The highest BCUT2D eigenvalue weighted by molar-refractivity contribution is 5.94. The minimum absolute atomic E-state index is 0.164. The Labute approximate surface area is 118 Å². The quantitative estimate of drug-likeness (QED) is 0.792. The molecule has 0 spiro atoms. The fourth-order valence-corrected chi connectivity index (χ4v) is 2.03. The number of fused-ring (bicyclic) bond motifs is 1. The largest absolute Gasteiger partial charge is 0.383 e. The van der Waals surface area contributed by atoms with Crippen LogP contribution in [0.2, 0.25) is 0 Å². The lowest BCUT2D eigenvalue weighted by Gasteiger charge is -2.11. The Kier molecular flexibility index (Phi) is 4.70. The number of ether oxygens (including phenoxy) is 1. The van der Waals surface area contributed by atoms with Gasteiger partial charge in [0.25, 0.3) is 5.91 Å². The Bertz CT molecular complexity index is 592. The van der Waals surface area contributed by atoms with Crippen molar-refractivity contribution in [2.24, 2.45) is 0 Å². The topological polar surface area (TPSA) is 58.9 Å². The molecular weight excluding hydrogens is 256 g/mol. The predicted octanol–water partition coefficient (Wildman–Crippen LogP) is 0.772. The maximum Gasteiger partial charge on any atom is 0.271 e. The Morgan fingerprint density at radius 3 is 2.95 bits per heavy atom. The van der Waals surface area contributed by atoms with Crippen LogP contribution in [0.1, 0.15) is 16.2 Å². The van der Waals surface area contributed by atoms with Crippen molar-refractivity contribution in [3.63, 3.8) is 0 Å². The van der Waals surface area contributed by atoms with Gasteiger partial charge in [0, 0.05) is 26.4 Å². The first-order valence-corrected chi connectivity index (χ1v) is 6.51. The molecule has 0 radical (unpaired) electrons. The van der Waals surface area contributed by atoms with Crippen LogP contribution in [0, 0.1) is 0 Å². The summed E-state index contributed by atoms with van der Waals surface area (Å²) in [4.78, 5) is 18.7. The molecule has 0 aliphatic rings. The zero-order valence-corrected chi connectivity index (χ0v) is 12.1. The maximum atomic E-state index is 12.2. The first-order valence-electron chi connectivity index (χ1n) is 6.51. The Balaban J connectivity index is 2.33. The van der Waals surface area contributed by atoms with E-state index in [-0.39, 0.29) is 5.91 Å². The van der Waals surface area contributed by atoms with Crippen LogP contribution in [0.15, 0.2) is 24.4 Å². The third-order valence-electron chi connectivity index (χ3n) is 2.90. The maximum absolute atomic E-state index is 12.2. The molecule has 6 nitrogen and oxygen atoms in total. The summed E-state index contributed by atoms with van der Waals surface area (Å²) in [5.74, 6) is -0.164. The summed E-state index contributed by atoms with van der Waals surface area (Å²) in [5, 5.41) is 2.82. The zero-order valence-electron chi connectivity index (χ0n) is 12.1. The van der Waals surface area contributed by atoms with Crippen LogP contribution >= 0.6 is 0 Å². The molecule has 2 aromatic rings. The molecule has 0 atom stereocenters. The van der Waals surface area contributed by atoms with Gasteiger partial charge in [-0.15, -0.1) is 0 Å². The number of carbonyl (C=O) groups is 1. The second-order valence-electron chi connectivity index (χ2n) is 4.82. The summed E-state index contributed by atoms with van der Waals surface area (Å²) in [6.45, 7) is 1.62. The number of imidazole rings is 1. The number of nitrogens with zero attached hydrogens (tertiary/aromatic N) is 3. The fraction of sp³-hybridized carbons (Fsp3) is 0.429. The number of rotatable bonds is 6. The second kappa shape index (κ2) is 6.49. The Morgan fingerprint density at radius 1 is 1.45 bits per heavy atom. The van der Waals surface area contributed by atoms with Crippen LogP contribution < -0.4 is 5.32 Å². The van der Waals surface area contributed by atoms with E-state index in [1.807, 2.05) is 47.8 Å². The number of hydrogen-bond acceptors (Lipinski definition) is 4. The first-order chi connectivity index (χ1) is 9.63. The van der Waals surface area contributed by atoms with Crippen molar-refractivity contribution in [2.45, 2.75) is 6.54 Å². The number of aromatic nitrogens is 2. The van der Waals surface area contributed by atoms with Gasteiger partial charge in [0.15, 0.2) is 5.69 Å². The standard InChI is InChI=1S/C14H20N4O2/c1-17(2)10-11-13(14(19)15-7-9-20-3)16-12-6-4-5-8-18(11)12/h4-6,8H,7,9-10H2,1-3H3,(H,15,19). The van der Waals surface area contributed by atoms with Gasteiger partial charge < -0.3 is 19.4 Å². The van der Waals surface area contributed by atoms with Gasteiger partial charge in [-0.25, -0.2) is 4.98 Å². The van der Waals surface area contributed by atoms with Gasteiger partial charge in [-0.05, 0) is 26.2 Å². The lowest BCUT2D eigenvalue weighted by Crippen LogP contribution is -2.29. The smallest absolute Gasteiger partial charge is 0.271 e. The van der Waals surface area contributed by atoms with Crippen LogP contribution in [0.3, 0.4) is 0 Å². The number of hydrogen-bond donors (Lipinski definition) is 1. The fourth-order valence-electron chi connectivity index (χ4n) is 2.03. The molecule has 0 aliphatic heterocycles. The molecule has 0 unspecified atom stereocenters. The SMILES string of the molecule is COCCNC(=O)c1nc2ccccn2c1CN(C)C. The molecular formula is C14H20N4O2. The Hall–Kier alpha value is -1.92. The minimum Gasteiger partial charge on any atom is -0.383 e. The van der Waals surface area contributed by atoms with Gasteiger partial charge in [-0.1, -0.05) is 6.07 Å². The van der Waals surface area contributed by atoms with E-state index in [0.29, 0.717) is 25.4 Å². The van der Waals surface area contributed by atoms with Crippen LogP contribution in [0.25, 0.3) is 5.65 Å². The number of pyridine rings is 1. The molecule has 2 rings (SSSR count). The highest BCUT2D eigenvalue weighted by Gasteiger charge is 2.18. The summed E-state index contributed by atoms with van der Waals surface area (Å²) in [6, 6.07) is 5.74. The first kappa shape index (κ1) is 14.5. The summed E-state index contributed by atoms with van der Waals surface area (Å²) < 4.78 is 6.88. The highest BCUT2D eigenvalue weighted by atomic mass is 16.5. The van der Waals surface area contributed by atoms with E-state index >= 15 is 0 Å². The molecule has 2 aromatic heterocycles. The van der Waals surface area contributed by atoms with E-state index < -0.39 is 0 Å². The van der Waals surface area contributed by atoms with Crippen LogP contribution in [-0.4, -0.2) is 54.5 Å². The summed E-state index contributed by atoms with van der Waals surface area (Å²) >= 11 is 0. The number of carbonyl (C=O) groups excluding carboxylic acids is 1. The number of nitrogens with one attached hydrogen (secondary N) is 1. The molecule has 0 saturated carbocycles. The van der Waals surface area contributed by atoms with E-state index in [4.69, 9.17) is 4.74 Å². The van der Waals surface area contributed by atoms with Crippen molar-refractivity contribution in [3.8, 4) is 0 Å². The van der Waals surface area contributed by atoms with Crippen LogP contribution in [0.4, 0.5) is 0 Å². The molecule has 20 heavy (non-hydrogen) atoms. The van der Waals surface area contributed by atoms with Crippen molar-refractivity contribution in [3.05, 3.63) is 35.8 Å². The highest BCUT2D eigenvalue weighted by Crippen LogP contribution is 2.14. The normalized spacial score (nSPS) is 11.2. The van der Waals surface area contributed by atoms with Crippen molar-refractivity contribution in [1.29, 1.82) is 0 Å². The van der Waals surface area contributed by atoms with E-state index in [1.165, 1.54) is 0 Å². The third-order valence-corrected chi connectivity index (χ3v) is 2.90. The minimum atomic E-state index is -0.164. The number of amides is 1. The lowest BCUT2D eigenvalue weighted by molar-refractivity contribution is 0.0931. The molecule has 0 fully saturated rings. The zero-order chi connectivity index (χ0) is 14.5. The van der Waals surface area contributed by atoms with Gasteiger partial charge in [0.2, 0.25) is 0 Å². The average molecular weight is 276 g/mol. The predicted molar refractivity (Wildman–Crippen MR) is 76.8 cm³/mol. The molecule has 0 bridgehead atoms. The lowest BCUT2D eigenvalue weighted by atomic mass is 10.3. The van der Waals surface area contributed by atoms with Gasteiger partial charge >= 0.3 is 0 Å². The molecule has 0 aromatic carbocycles. The average Bonchev–Trinajstić information content (AvgIpc) is 2.77. The van der Waals surface area contributed by atoms with Gasteiger partial charge in [-0.3, -0.25) is 4.79 Å². The molecule has 1 N–H and O–H groups in total. The molecule has 2 heterocycles. The van der Waals surface area contributed by atoms with Crippen molar-refractivity contribution < 1.29 is 9.53 Å². The van der Waals surface area contributed by atoms with E-state index in [0.717, 1.165) is 11.3 Å². The Morgan fingerprint density at radius 2 is 2.25 bits per heavy atom. The molecule has 0 aliphatic carbocycles. The molecule has 1 amide bonds. The van der Waals surface area contributed by atoms with Crippen molar-refractivity contribution >= 4 is 11.6 Å². The van der Waals surface area contributed by atoms with Gasteiger partial charge in [0.1, 0.15) is 5.65 Å². The van der Waals surface area contributed by atoms with Gasteiger partial charge in [0.05, 0.1) is 12.3 Å². The summed E-state index contributed by atoms with van der Waals surface area (Å²) in [7, 11) is 5.54. The molecule has 0 saturated heterocycles. The van der Waals surface area contributed by atoms with E-state index in [1.54, 1.807) is 7.11 Å². The van der Waals surface area contributed by atoms with Crippen molar-refractivity contribution in [1.82, 2.24) is 19.6 Å². The van der Waals surface area contributed by atoms with Crippen LogP contribution in [0.5, 0.6) is 0 Å². The van der Waals surface area contributed by atoms with Crippen LogP contribution in [-0.2, 0) is 11.3 Å². The van der Waals surface area contributed by atoms with E-state index in [9.17, 15) is 4.79 Å². The monoisotopic (exact) mass is 276 g/mol. The summed E-state index contributed by atoms with van der Waals surface area (Å²) in [5.41, 5.74) is 2.14. The molecule has 108 valence electrons. The van der Waals surface area contributed by atoms with E-state index in [2.05, 4.69) is 10.3 Å². The molecule has 6 heteroatoms. The van der Waals surface area contributed by atoms with Gasteiger partial charge in [-0.2, -0.15) is 0 Å². The van der Waals surface area contributed by atoms with Crippen molar-refractivity contribution in [2.75, 3.05) is 34.4 Å². The summed E-state index contributed by atoms with van der Waals surface area (Å²) in [6.07, 6.45) is 1.92. The third kappa shape index (κ3) is 3.15. The number of methoxy groups -OCH3 is 1.